The Morgan fingerprint density at radius 1 is 1.31 bits per heavy atom. The SMILES string of the molecule is COCC(N)CN(C)S(=O)(=O)N(C)C(C)C. The van der Waals surface area contributed by atoms with Crippen molar-refractivity contribution in [3.63, 3.8) is 0 Å². The summed E-state index contributed by atoms with van der Waals surface area (Å²) < 4.78 is 31.4. The van der Waals surface area contributed by atoms with Gasteiger partial charge in [0.25, 0.3) is 10.2 Å². The van der Waals surface area contributed by atoms with Crippen LogP contribution in [0.5, 0.6) is 0 Å². The molecule has 0 rings (SSSR count). The summed E-state index contributed by atoms with van der Waals surface area (Å²) in [6.07, 6.45) is 0. The van der Waals surface area contributed by atoms with Crippen LogP contribution in [0.2, 0.25) is 0 Å². The van der Waals surface area contributed by atoms with Gasteiger partial charge in [0.05, 0.1) is 6.61 Å². The van der Waals surface area contributed by atoms with E-state index in [4.69, 9.17) is 10.5 Å². The topological polar surface area (TPSA) is 75.9 Å². The Hall–Kier alpha value is -0.210. The molecule has 98 valence electrons. The fourth-order valence-corrected chi connectivity index (χ4v) is 2.53. The van der Waals surface area contributed by atoms with E-state index >= 15 is 0 Å². The van der Waals surface area contributed by atoms with E-state index in [9.17, 15) is 8.42 Å². The maximum Gasteiger partial charge on any atom is 0.281 e. The first kappa shape index (κ1) is 15.8. The van der Waals surface area contributed by atoms with E-state index in [1.807, 2.05) is 13.8 Å². The van der Waals surface area contributed by atoms with Gasteiger partial charge < -0.3 is 10.5 Å². The number of hydrogen-bond acceptors (Lipinski definition) is 4. The molecule has 1 atom stereocenters. The molecule has 0 aliphatic heterocycles. The van der Waals surface area contributed by atoms with E-state index < -0.39 is 10.2 Å². The van der Waals surface area contributed by atoms with Crippen molar-refractivity contribution >= 4 is 10.2 Å². The van der Waals surface area contributed by atoms with Crippen LogP contribution >= 0.6 is 0 Å². The minimum absolute atomic E-state index is 0.0777. The predicted octanol–water partition coefficient (Wildman–Crippen LogP) is -0.523. The molecular formula is C9H23N3O3S. The van der Waals surface area contributed by atoms with Crippen molar-refractivity contribution in [1.82, 2.24) is 8.61 Å². The molecule has 0 aromatic heterocycles. The fraction of sp³-hybridized carbons (Fsp3) is 1.00. The lowest BCUT2D eigenvalue weighted by molar-refractivity contribution is 0.172. The van der Waals surface area contributed by atoms with Crippen LogP contribution in [0.4, 0.5) is 0 Å². The van der Waals surface area contributed by atoms with Crippen LogP contribution in [0, 0.1) is 0 Å². The maximum absolute atomic E-state index is 12.0. The zero-order valence-electron chi connectivity index (χ0n) is 10.7. The summed E-state index contributed by atoms with van der Waals surface area (Å²) in [5, 5.41) is 0. The average Bonchev–Trinajstić information content (AvgIpc) is 2.16. The number of ether oxygens (including phenoxy) is 1. The highest BCUT2D eigenvalue weighted by molar-refractivity contribution is 7.86. The van der Waals surface area contributed by atoms with E-state index in [1.165, 1.54) is 22.8 Å². The Bertz CT molecular complexity index is 292. The van der Waals surface area contributed by atoms with Gasteiger partial charge in [-0.2, -0.15) is 17.0 Å². The molecule has 0 aliphatic rings. The number of likely N-dealkylation sites (N-methyl/N-ethyl adjacent to an activating group) is 1. The summed E-state index contributed by atoms with van der Waals surface area (Å²) in [4.78, 5) is 0. The highest BCUT2D eigenvalue weighted by atomic mass is 32.2. The van der Waals surface area contributed by atoms with Gasteiger partial charge >= 0.3 is 0 Å². The average molecular weight is 253 g/mol. The summed E-state index contributed by atoms with van der Waals surface area (Å²) in [7, 11) is 1.19. The smallest absolute Gasteiger partial charge is 0.281 e. The molecule has 0 radical (unpaired) electrons. The van der Waals surface area contributed by atoms with Gasteiger partial charge in [-0.3, -0.25) is 0 Å². The van der Waals surface area contributed by atoms with Crippen LogP contribution in [-0.4, -0.2) is 63.5 Å². The van der Waals surface area contributed by atoms with Gasteiger partial charge in [0.1, 0.15) is 0 Å². The molecule has 0 fully saturated rings. The van der Waals surface area contributed by atoms with Crippen LogP contribution in [0.25, 0.3) is 0 Å². The largest absolute Gasteiger partial charge is 0.383 e. The molecule has 0 bridgehead atoms. The zero-order valence-corrected chi connectivity index (χ0v) is 11.5. The third kappa shape index (κ3) is 4.34. The highest BCUT2D eigenvalue weighted by Gasteiger charge is 2.26. The maximum atomic E-state index is 12.0. The molecule has 0 aliphatic carbocycles. The van der Waals surface area contributed by atoms with Crippen molar-refractivity contribution in [2.45, 2.75) is 25.9 Å². The summed E-state index contributed by atoms with van der Waals surface area (Å²) in [5.74, 6) is 0. The second-order valence-corrected chi connectivity index (χ2v) is 6.21. The minimum atomic E-state index is -3.42. The minimum Gasteiger partial charge on any atom is -0.383 e. The van der Waals surface area contributed by atoms with Crippen molar-refractivity contribution in [2.24, 2.45) is 5.73 Å². The normalized spacial score (nSPS) is 15.1. The van der Waals surface area contributed by atoms with Crippen LogP contribution in [0.1, 0.15) is 13.8 Å². The van der Waals surface area contributed by atoms with Gasteiger partial charge in [-0.05, 0) is 13.8 Å². The molecule has 6 nitrogen and oxygen atoms in total. The quantitative estimate of drug-likeness (QED) is 0.662. The second kappa shape index (κ2) is 6.51. The zero-order chi connectivity index (χ0) is 12.9. The summed E-state index contributed by atoms with van der Waals surface area (Å²) in [5.41, 5.74) is 5.71. The van der Waals surface area contributed by atoms with Gasteiger partial charge in [-0.25, -0.2) is 0 Å². The number of nitrogens with zero attached hydrogens (tertiary/aromatic N) is 2. The standard InChI is InChI=1S/C9H23N3O3S/c1-8(2)12(4)16(13,14)11(3)6-9(10)7-15-5/h8-9H,6-7,10H2,1-5H3. The Balaban J connectivity index is 4.53. The van der Waals surface area contributed by atoms with Crippen LogP contribution in [0.3, 0.4) is 0 Å². The van der Waals surface area contributed by atoms with Gasteiger partial charge in [0.2, 0.25) is 0 Å². The van der Waals surface area contributed by atoms with E-state index in [2.05, 4.69) is 0 Å². The molecule has 0 saturated heterocycles. The van der Waals surface area contributed by atoms with Crippen molar-refractivity contribution in [1.29, 1.82) is 0 Å². The molecule has 2 N–H and O–H groups in total. The number of nitrogens with two attached hydrogens (primary N) is 1. The predicted molar refractivity (Wildman–Crippen MR) is 64.3 cm³/mol. The molecule has 0 spiro atoms. The molecular weight excluding hydrogens is 230 g/mol. The Labute approximate surface area is 98.5 Å². The fourth-order valence-electron chi connectivity index (χ4n) is 1.18. The number of rotatable bonds is 7. The van der Waals surface area contributed by atoms with E-state index in [0.29, 0.717) is 6.61 Å². The molecule has 16 heavy (non-hydrogen) atoms. The van der Waals surface area contributed by atoms with Crippen molar-refractivity contribution in [2.75, 3.05) is 34.4 Å². The lowest BCUT2D eigenvalue weighted by atomic mass is 10.3. The molecule has 0 saturated carbocycles. The Morgan fingerprint density at radius 2 is 1.81 bits per heavy atom. The monoisotopic (exact) mass is 253 g/mol. The van der Waals surface area contributed by atoms with Gasteiger partial charge in [-0.1, -0.05) is 0 Å². The van der Waals surface area contributed by atoms with E-state index in [0.717, 1.165) is 0 Å². The van der Waals surface area contributed by atoms with Crippen molar-refractivity contribution < 1.29 is 13.2 Å². The molecule has 1 unspecified atom stereocenters. The molecule has 0 amide bonds. The van der Waals surface area contributed by atoms with E-state index in [-0.39, 0.29) is 18.6 Å². The lowest BCUT2D eigenvalue weighted by Gasteiger charge is -2.28. The first-order chi connectivity index (χ1) is 7.23. The number of methoxy groups -OCH3 is 1. The van der Waals surface area contributed by atoms with Crippen molar-refractivity contribution in [3.05, 3.63) is 0 Å². The second-order valence-electron chi connectivity index (χ2n) is 4.11. The van der Waals surface area contributed by atoms with Crippen molar-refractivity contribution in [3.8, 4) is 0 Å². The number of hydrogen-bond donors (Lipinski definition) is 1. The van der Waals surface area contributed by atoms with Gasteiger partial charge in [-0.15, -0.1) is 0 Å². The first-order valence-corrected chi connectivity index (χ1v) is 6.57. The van der Waals surface area contributed by atoms with E-state index in [1.54, 1.807) is 7.05 Å². The van der Waals surface area contributed by atoms with Crippen LogP contribution in [0.15, 0.2) is 0 Å². The molecule has 7 heteroatoms. The first-order valence-electron chi connectivity index (χ1n) is 5.17. The third-order valence-electron chi connectivity index (χ3n) is 2.36. The molecule has 0 aromatic carbocycles. The summed E-state index contributed by atoms with van der Waals surface area (Å²) in [6.45, 7) is 4.22. The molecule has 0 heterocycles. The molecule has 0 aromatic rings. The summed E-state index contributed by atoms with van der Waals surface area (Å²) in [6, 6.07) is -0.392. The van der Waals surface area contributed by atoms with Crippen LogP contribution < -0.4 is 5.73 Å². The summed E-state index contributed by atoms with van der Waals surface area (Å²) >= 11 is 0. The Morgan fingerprint density at radius 3 is 2.19 bits per heavy atom. The van der Waals surface area contributed by atoms with Gasteiger partial charge in [0, 0.05) is 39.8 Å². The van der Waals surface area contributed by atoms with Gasteiger partial charge in [0.15, 0.2) is 0 Å². The highest BCUT2D eigenvalue weighted by Crippen LogP contribution is 2.08. The lowest BCUT2D eigenvalue weighted by Crippen LogP contribution is -2.48. The Kier molecular flexibility index (Phi) is 6.42. The van der Waals surface area contributed by atoms with Crippen LogP contribution in [-0.2, 0) is 14.9 Å². The third-order valence-corrected chi connectivity index (χ3v) is 4.44.